The summed E-state index contributed by atoms with van der Waals surface area (Å²) < 4.78 is 0. The number of rotatable bonds is 6. The third-order valence-corrected chi connectivity index (χ3v) is 3.63. The first-order valence-electron chi connectivity index (χ1n) is 5.93. The maximum absolute atomic E-state index is 11.5. The van der Waals surface area contributed by atoms with Crippen molar-refractivity contribution in [2.24, 2.45) is 0 Å². The quantitative estimate of drug-likeness (QED) is 0.756. The zero-order valence-electron chi connectivity index (χ0n) is 10.0. The van der Waals surface area contributed by atoms with Gasteiger partial charge in [0.2, 0.25) is 5.91 Å². The van der Waals surface area contributed by atoms with Gasteiger partial charge in [0.05, 0.1) is 5.75 Å². The van der Waals surface area contributed by atoms with E-state index in [0.717, 1.165) is 24.3 Å². The molecule has 0 bridgehead atoms. The van der Waals surface area contributed by atoms with Crippen LogP contribution >= 0.6 is 11.8 Å². The van der Waals surface area contributed by atoms with Crippen LogP contribution in [0.2, 0.25) is 0 Å². The maximum atomic E-state index is 11.5. The van der Waals surface area contributed by atoms with Gasteiger partial charge in [-0.15, -0.1) is 11.8 Å². The molecule has 0 aliphatic heterocycles. The van der Waals surface area contributed by atoms with E-state index in [4.69, 9.17) is 0 Å². The van der Waals surface area contributed by atoms with E-state index in [9.17, 15) is 4.79 Å². The molecule has 0 aromatic heterocycles. The van der Waals surface area contributed by atoms with Gasteiger partial charge in [0.25, 0.3) is 0 Å². The van der Waals surface area contributed by atoms with Gasteiger partial charge in [-0.3, -0.25) is 4.79 Å². The molecular weight excluding hydrogens is 232 g/mol. The van der Waals surface area contributed by atoms with Crippen LogP contribution in [0.5, 0.6) is 0 Å². The molecule has 0 unspecified atom stereocenters. The Morgan fingerprint density at radius 2 is 2.06 bits per heavy atom. The molecule has 0 heterocycles. The van der Waals surface area contributed by atoms with E-state index in [1.54, 1.807) is 11.8 Å². The van der Waals surface area contributed by atoms with E-state index in [2.05, 4.69) is 34.9 Å². The van der Waals surface area contributed by atoms with E-state index in [0.29, 0.717) is 11.8 Å². The topological polar surface area (TPSA) is 41.1 Å². The average molecular weight is 250 g/mol. The van der Waals surface area contributed by atoms with E-state index < -0.39 is 0 Å². The second kappa shape index (κ2) is 6.07. The lowest BCUT2D eigenvalue weighted by atomic mass is 10.2. The normalized spacial score (nSPS) is 14.6. The third kappa shape index (κ3) is 4.40. The highest BCUT2D eigenvalue weighted by Gasteiger charge is 2.22. The Kier molecular flexibility index (Phi) is 4.45. The minimum Gasteiger partial charge on any atom is -0.353 e. The number of hydrogen-bond donors (Lipinski definition) is 2. The van der Waals surface area contributed by atoms with Gasteiger partial charge in [-0.1, -0.05) is 12.1 Å². The summed E-state index contributed by atoms with van der Waals surface area (Å²) in [5.41, 5.74) is 1.26. The molecule has 2 rings (SSSR count). The van der Waals surface area contributed by atoms with Gasteiger partial charge in [0, 0.05) is 17.5 Å². The van der Waals surface area contributed by atoms with Crippen LogP contribution in [-0.4, -0.2) is 24.7 Å². The lowest BCUT2D eigenvalue weighted by molar-refractivity contribution is -0.118. The summed E-state index contributed by atoms with van der Waals surface area (Å²) in [5, 5.41) is 6.10. The van der Waals surface area contributed by atoms with Crippen molar-refractivity contribution in [3.63, 3.8) is 0 Å². The molecule has 0 spiro atoms. The molecule has 17 heavy (non-hydrogen) atoms. The van der Waals surface area contributed by atoms with E-state index in [1.807, 2.05) is 7.05 Å². The highest BCUT2D eigenvalue weighted by atomic mass is 32.2. The molecule has 1 aliphatic rings. The number of carbonyl (C=O) groups excluding carboxylic acids is 1. The predicted molar refractivity (Wildman–Crippen MR) is 71.1 cm³/mol. The molecule has 1 saturated carbocycles. The Labute approximate surface area is 106 Å². The van der Waals surface area contributed by atoms with E-state index in [-0.39, 0.29) is 5.91 Å². The van der Waals surface area contributed by atoms with Crippen molar-refractivity contribution in [1.82, 2.24) is 10.6 Å². The highest BCUT2D eigenvalue weighted by Crippen LogP contribution is 2.21. The van der Waals surface area contributed by atoms with Gasteiger partial charge in [0.15, 0.2) is 0 Å². The second-order valence-corrected chi connectivity index (χ2v) is 5.35. The molecule has 0 radical (unpaired) electrons. The Bertz CT molecular complexity index is 374. The fourth-order valence-corrected chi connectivity index (χ4v) is 2.26. The van der Waals surface area contributed by atoms with Crippen molar-refractivity contribution in [2.45, 2.75) is 30.3 Å². The fourth-order valence-electron chi connectivity index (χ4n) is 1.55. The van der Waals surface area contributed by atoms with Crippen LogP contribution in [0.25, 0.3) is 0 Å². The number of nitrogens with one attached hydrogen (secondary N) is 2. The standard InChI is InChI=1S/C13H18N2OS/c1-14-8-10-2-6-12(7-3-10)17-9-13(16)15-11-4-5-11/h2-3,6-7,11,14H,4-5,8-9H2,1H3,(H,15,16). The third-order valence-electron chi connectivity index (χ3n) is 2.62. The Hall–Kier alpha value is -1.00. The minimum atomic E-state index is 0.150. The molecule has 1 fully saturated rings. The van der Waals surface area contributed by atoms with Crippen molar-refractivity contribution >= 4 is 17.7 Å². The highest BCUT2D eigenvalue weighted by molar-refractivity contribution is 8.00. The average Bonchev–Trinajstić information content (AvgIpc) is 3.12. The first-order valence-corrected chi connectivity index (χ1v) is 6.92. The zero-order valence-corrected chi connectivity index (χ0v) is 10.8. The lowest BCUT2D eigenvalue weighted by Gasteiger charge is -2.04. The predicted octanol–water partition coefficient (Wildman–Crippen LogP) is 1.78. The van der Waals surface area contributed by atoms with Crippen LogP contribution in [0.15, 0.2) is 29.2 Å². The van der Waals surface area contributed by atoms with E-state index in [1.165, 1.54) is 5.56 Å². The molecule has 1 aromatic carbocycles. The van der Waals surface area contributed by atoms with Crippen molar-refractivity contribution < 1.29 is 4.79 Å². The number of carbonyl (C=O) groups is 1. The van der Waals surface area contributed by atoms with Crippen LogP contribution in [0, 0.1) is 0 Å². The molecule has 4 heteroatoms. The first-order chi connectivity index (χ1) is 8.28. The van der Waals surface area contributed by atoms with Crippen LogP contribution in [0.4, 0.5) is 0 Å². The number of benzene rings is 1. The molecule has 1 aromatic rings. The van der Waals surface area contributed by atoms with Gasteiger partial charge < -0.3 is 10.6 Å². The van der Waals surface area contributed by atoms with Gasteiger partial charge in [-0.2, -0.15) is 0 Å². The first kappa shape index (κ1) is 12.5. The molecule has 0 saturated heterocycles. The molecule has 92 valence electrons. The van der Waals surface area contributed by atoms with Gasteiger partial charge in [-0.05, 0) is 37.6 Å². The Morgan fingerprint density at radius 3 is 2.65 bits per heavy atom. The van der Waals surface area contributed by atoms with Crippen molar-refractivity contribution in [1.29, 1.82) is 0 Å². The number of thioether (sulfide) groups is 1. The smallest absolute Gasteiger partial charge is 0.230 e. The monoisotopic (exact) mass is 250 g/mol. The van der Waals surface area contributed by atoms with Gasteiger partial charge >= 0.3 is 0 Å². The van der Waals surface area contributed by atoms with Crippen molar-refractivity contribution in [3.8, 4) is 0 Å². The van der Waals surface area contributed by atoms with Crippen molar-refractivity contribution in [3.05, 3.63) is 29.8 Å². The number of amides is 1. The summed E-state index contributed by atoms with van der Waals surface area (Å²) in [6.07, 6.45) is 2.30. The SMILES string of the molecule is CNCc1ccc(SCC(=O)NC2CC2)cc1. The molecular formula is C13H18N2OS. The van der Waals surface area contributed by atoms with Crippen LogP contribution < -0.4 is 10.6 Å². The van der Waals surface area contributed by atoms with Crippen LogP contribution in [-0.2, 0) is 11.3 Å². The fraction of sp³-hybridized carbons (Fsp3) is 0.462. The molecule has 0 atom stereocenters. The van der Waals surface area contributed by atoms with Crippen LogP contribution in [0.1, 0.15) is 18.4 Å². The van der Waals surface area contributed by atoms with E-state index >= 15 is 0 Å². The van der Waals surface area contributed by atoms with Gasteiger partial charge in [0.1, 0.15) is 0 Å². The number of hydrogen-bond acceptors (Lipinski definition) is 3. The van der Waals surface area contributed by atoms with Gasteiger partial charge in [-0.25, -0.2) is 0 Å². The largest absolute Gasteiger partial charge is 0.353 e. The maximum Gasteiger partial charge on any atom is 0.230 e. The summed E-state index contributed by atoms with van der Waals surface area (Å²) in [4.78, 5) is 12.6. The summed E-state index contributed by atoms with van der Waals surface area (Å²) in [5.74, 6) is 0.666. The summed E-state index contributed by atoms with van der Waals surface area (Å²) >= 11 is 1.59. The van der Waals surface area contributed by atoms with Crippen molar-refractivity contribution in [2.75, 3.05) is 12.8 Å². The Balaban J connectivity index is 1.75. The summed E-state index contributed by atoms with van der Waals surface area (Å²) in [6, 6.07) is 8.79. The summed E-state index contributed by atoms with van der Waals surface area (Å²) in [6.45, 7) is 0.882. The molecule has 3 nitrogen and oxygen atoms in total. The Morgan fingerprint density at radius 1 is 1.35 bits per heavy atom. The molecule has 1 aliphatic carbocycles. The summed E-state index contributed by atoms with van der Waals surface area (Å²) in [7, 11) is 1.94. The van der Waals surface area contributed by atoms with Crippen LogP contribution in [0.3, 0.4) is 0 Å². The zero-order chi connectivity index (χ0) is 12.1. The second-order valence-electron chi connectivity index (χ2n) is 4.30. The lowest BCUT2D eigenvalue weighted by Crippen LogP contribution is -2.26. The molecule has 1 amide bonds. The molecule has 2 N–H and O–H groups in total. The minimum absolute atomic E-state index is 0.150.